The summed E-state index contributed by atoms with van der Waals surface area (Å²) in [5, 5.41) is 2.29. The summed E-state index contributed by atoms with van der Waals surface area (Å²) in [6, 6.07) is 0. The van der Waals surface area contributed by atoms with E-state index in [4.69, 9.17) is 0 Å². The second kappa shape index (κ2) is 13.2. The van der Waals surface area contributed by atoms with Crippen LogP contribution in [0.1, 0.15) is 96.8 Å². The van der Waals surface area contributed by atoms with Crippen LogP contribution in [0.2, 0.25) is 0 Å². The van der Waals surface area contributed by atoms with Gasteiger partial charge in [-0.2, -0.15) is 0 Å². The number of hydrogen-bond donors (Lipinski definition) is 1. The van der Waals surface area contributed by atoms with Crippen molar-refractivity contribution >= 4 is 7.81 Å². The number of halogens is 6. The minimum absolute atomic E-state index is 1.32. The predicted molar refractivity (Wildman–Crippen MR) is 96.6 cm³/mol. The monoisotopic (exact) mass is 401 g/mol. The van der Waals surface area contributed by atoms with Gasteiger partial charge in [0.15, 0.2) is 0 Å². The van der Waals surface area contributed by atoms with Gasteiger partial charge in [0.05, 0.1) is 13.6 Å². The summed E-state index contributed by atoms with van der Waals surface area (Å²) in [7, 11) is -8.49. The number of unbranched alkanes of at least 4 members (excludes halogenated alkanes) is 13. The molecule has 1 nitrogen and oxygen atoms in total. The molecule has 2 N–H and O–H groups in total. The first-order valence-corrected chi connectivity index (χ1v) is 11.7. The quantitative estimate of drug-likeness (QED) is 0.162. The molecule has 0 fully saturated rings. The molecule has 0 unspecified atom stereocenters. The number of quaternary nitrogens is 1. The van der Waals surface area contributed by atoms with E-state index in [1.807, 2.05) is 0 Å². The van der Waals surface area contributed by atoms with Crippen LogP contribution in [0.3, 0.4) is 0 Å². The van der Waals surface area contributed by atoms with Crippen molar-refractivity contribution in [1.82, 2.24) is 0 Å². The van der Waals surface area contributed by atoms with Crippen molar-refractivity contribution in [3.8, 4) is 0 Å². The van der Waals surface area contributed by atoms with Crippen LogP contribution < -0.4 is 5.32 Å². The fraction of sp³-hybridized carbons (Fsp3) is 1.00. The van der Waals surface area contributed by atoms with Gasteiger partial charge in [-0.25, -0.2) is 0 Å². The van der Waals surface area contributed by atoms with E-state index in [2.05, 4.69) is 19.3 Å². The summed E-state index contributed by atoms with van der Waals surface area (Å²) in [5.41, 5.74) is 0. The van der Waals surface area contributed by atoms with Gasteiger partial charge in [-0.15, -0.1) is 0 Å². The number of nitrogens with two attached hydrogens (primary N) is 1. The third kappa shape index (κ3) is 51.6. The summed E-state index contributed by atoms with van der Waals surface area (Å²) in [5.74, 6) is 0. The zero-order chi connectivity index (χ0) is 19.7. The molecular weight excluding hydrogens is 363 g/mol. The Morgan fingerprint density at radius 1 is 0.520 bits per heavy atom. The van der Waals surface area contributed by atoms with Gasteiger partial charge in [-0.1, -0.05) is 84.0 Å². The Hall–Kier alpha value is -0.0300. The molecule has 0 amide bonds. The van der Waals surface area contributed by atoms with Crippen molar-refractivity contribution in [3.63, 3.8) is 0 Å². The normalized spacial score (nSPS) is 14.4. The van der Waals surface area contributed by atoms with Crippen LogP contribution >= 0.6 is 7.81 Å². The second-order valence-electron chi connectivity index (χ2n) is 6.75. The number of rotatable bonds is 15. The molecule has 0 rings (SSSR count). The van der Waals surface area contributed by atoms with E-state index in [-0.39, 0.29) is 0 Å². The average Bonchev–Trinajstić information content (AvgIpc) is 2.44. The van der Waals surface area contributed by atoms with E-state index < -0.39 is 7.81 Å². The Balaban J connectivity index is 0. The molecular formula is C17H38F6NP. The standard InChI is InChI=1S/C17H37N.F6P/c1-3-4-5-6-7-8-9-10-11-12-13-14-15-16-17-18-2;1-7(2,3,4,5)6/h18H,3-17H2,1-2H3;/q;-1/p+1. The van der Waals surface area contributed by atoms with Crippen LogP contribution in [0.15, 0.2) is 0 Å². The van der Waals surface area contributed by atoms with Crippen LogP contribution in [0.25, 0.3) is 0 Å². The van der Waals surface area contributed by atoms with Crippen molar-refractivity contribution in [2.75, 3.05) is 13.6 Å². The summed E-state index contributed by atoms with van der Waals surface area (Å²) < 4.78 is 59.2. The molecule has 0 aromatic carbocycles. The SMILES string of the molecule is CCCCCCCCCCCCCCCC[NH2+]C.F[P-](F)(F)(F)(F)F. The molecule has 0 saturated heterocycles. The minimum atomic E-state index is -10.7. The van der Waals surface area contributed by atoms with E-state index in [0.29, 0.717) is 0 Å². The average molecular weight is 401 g/mol. The van der Waals surface area contributed by atoms with Gasteiger partial charge in [0, 0.05) is 0 Å². The molecule has 8 heteroatoms. The van der Waals surface area contributed by atoms with Gasteiger partial charge in [-0.05, 0) is 12.8 Å². The van der Waals surface area contributed by atoms with Gasteiger partial charge in [-0.3, -0.25) is 0 Å². The Bertz CT molecular complexity index is 264. The van der Waals surface area contributed by atoms with Crippen LogP contribution in [0.5, 0.6) is 0 Å². The van der Waals surface area contributed by atoms with Gasteiger partial charge >= 0.3 is 33.0 Å². The molecule has 158 valence electrons. The summed E-state index contributed by atoms with van der Waals surface area (Å²) in [4.78, 5) is 0. The molecule has 0 aliphatic rings. The van der Waals surface area contributed by atoms with Gasteiger partial charge in [0.25, 0.3) is 0 Å². The topological polar surface area (TPSA) is 16.6 Å². The first-order valence-electron chi connectivity index (χ1n) is 9.71. The van der Waals surface area contributed by atoms with Gasteiger partial charge < -0.3 is 5.32 Å². The fourth-order valence-corrected chi connectivity index (χ4v) is 2.54. The van der Waals surface area contributed by atoms with Crippen molar-refractivity contribution < 1.29 is 30.5 Å². The Morgan fingerprint density at radius 3 is 1.00 bits per heavy atom. The van der Waals surface area contributed by atoms with Gasteiger partial charge in [0.2, 0.25) is 0 Å². The second-order valence-corrected chi connectivity index (χ2v) is 8.67. The predicted octanol–water partition coefficient (Wildman–Crippen LogP) is 8.04. The van der Waals surface area contributed by atoms with Crippen LogP contribution in [0.4, 0.5) is 25.2 Å². The Labute approximate surface area is 149 Å². The first-order chi connectivity index (χ1) is 11.4. The summed E-state index contributed by atoms with van der Waals surface area (Å²) in [6.07, 6.45) is 20.4. The van der Waals surface area contributed by atoms with Crippen LogP contribution in [0, 0.1) is 0 Å². The van der Waals surface area contributed by atoms with E-state index in [1.54, 1.807) is 0 Å². The maximum atomic E-state index is 9.87. The van der Waals surface area contributed by atoms with E-state index in [0.717, 1.165) is 0 Å². The van der Waals surface area contributed by atoms with Crippen LogP contribution in [-0.2, 0) is 0 Å². The Morgan fingerprint density at radius 2 is 0.760 bits per heavy atom. The van der Waals surface area contributed by atoms with Crippen molar-refractivity contribution in [2.24, 2.45) is 0 Å². The Kier molecular flexibility index (Phi) is 14.3. The van der Waals surface area contributed by atoms with Gasteiger partial charge in [0.1, 0.15) is 0 Å². The van der Waals surface area contributed by atoms with Crippen molar-refractivity contribution in [2.45, 2.75) is 96.8 Å². The summed E-state index contributed by atoms with van der Waals surface area (Å²) in [6.45, 7) is 3.61. The maximum absolute atomic E-state index is 10.7. The molecule has 0 saturated carbocycles. The molecule has 0 bridgehead atoms. The summed E-state index contributed by atoms with van der Waals surface area (Å²) >= 11 is 0. The molecule has 0 spiro atoms. The van der Waals surface area contributed by atoms with Crippen LogP contribution in [-0.4, -0.2) is 13.6 Å². The molecule has 0 atom stereocenters. The van der Waals surface area contributed by atoms with E-state index in [1.165, 1.54) is 96.4 Å². The molecule has 0 aromatic heterocycles. The first kappa shape index (κ1) is 27.2. The molecule has 0 aliphatic carbocycles. The number of hydrogen-bond acceptors (Lipinski definition) is 0. The zero-order valence-electron chi connectivity index (χ0n) is 15.9. The fourth-order valence-electron chi connectivity index (χ4n) is 2.54. The van der Waals surface area contributed by atoms with Crippen molar-refractivity contribution in [3.05, 3.63) is 0 Å². The third-order valence-electron chi connectivity index (χ3n) is 3.85. The molecule has 25 heavy (non-hydrogen) atoms. The molecule has 0 aromatic rings. The van der Waals surface area contributed by atoms with Crippen molar-refractivity contribution in [1.29, 1.82) is 0 Å². The molecule has 0 heterocycles. The zero-order valence-corrected chi connectivity index (χ0v) is 16.8. The third-order valence-corrected chi connectivity index (χ3v) is 3.85. The van der Waals surface area contributed by atoms with E-state index >= 15 is 0 Å². The van der Waals surface area contributed by atoms with E-state index in [9.17, 15) is 25.2 Å². The molecule has 0 aliphatic heterocycles. The molecule has 0 radical (unpaired) electrons.